The van der Waals surface area contributed by atoms with Crippen LogP contribution in [0.15, 0.2) is 30.5 Å². The Morgan fingerprint density at radius 3 is 2.78 bits per heavy atom. The van der Waals surface area contributed by atoms with Gasteiger partial charge in [-0.1, -0.05) is 6.07 Å². The lowest BCUT2D eigenvalue weighted by atomic mass is 10.1. The first-order chi connectivity index (χ1) is 13.1. The number of hydrogen-bond acceptors (Lipinski definition) is 3. The molecule has 8 heteroatoms. The van der Waals surface area contributed by atoms with E-state index in [4.69, 9.17) is 0 Å². The number of likely N-dealkylation sites (tertiary alicyclic amines) is 1. The summed E-state index contributed by atoms with van der Waals surface area (Å²) in [4.78, 5) is 16.3. The fraction of sp³-hybridized carbons (Fsp3) is 0.474. The molecular formula is C19H23F2N5O. The highest BCUT2D eigenvalue weighted by molar-refractivity contribution is 5.74. The molecule has 27 heavy (non-hydrogen) atoms. The van der Waals surface area contributed by atoms with Gasteiger partial charge in [0.05, 0.1) is 11.7 Å². The molecular weight excluding hydrogens is 352 g/mol. The van der Waals surface area contributed by atoms with E-state index in [1.807, 2.05) is 15.6 Å². The second-order valence-electron chi connectivity index (χ2n) is 7.22. The lowest BCUT2D eigenvalue weighted by molar-refractivity contribution is 0.161. The highest BCUT2D eigenvalue weighted by Gasteiger charge is 2.27. The first-order valence-electron chi connectivity index (χ1n) is 9.31. The number of halogens is 2. The molecule has 1 fully saturated rings. The fourth-order valence-electron chi connectivity index (χ4n) is 3.87. The van der Waals surface area contributed by atoms with Gasteiger partial charge in [-0.05, 0) is 36.6 Å². The van der Waals surface area contributed by atoms with Crippen molar-refractivity contribution >= 4 is 6.03 Å². The van der Waals surface area contributed by atoms with Gasteiger partial charge in [0.2, 0.25) is 0 Å². The number of nitrogens with zero attached hydrogens (tertiary/aromatic N) is 4. The smallest absolute Gasteiger partial charge is 0.317 e. The number of carbonyl (C=O) groups excluding carboxylic acids is 1. The molecule has 1 atom stereocenters. The third-order valence-electron chi connectivity index (χ3n) is 5.23. The van der Waals surface area contributed by atoms with E-state index < -0.39 is 11.6 Å². The van der Waals surface area contributed by atoms with Crippen LogP contribution in [0.2, 0.25) is 0 Å². The summed E-state index contributed by atoms with van der Waals surface area (Å²) in [7, 11) is 0. The molecule has 1 aromatic heterocycles. The van der Waals surface area contributed by atoms with Crippen molar-refractivity contribution in [2.24, 2.45) is 0 Å². The number of carbonyl (C=O) groups is 1. The minimum absolute atomic E-state index is 0.000554. The number of fused-ring (bicyclic) bond motifs is 1. The van der Waals surface area contributed by atoms with Gasteiger partial charge in [-0.2, -0.15) is 5.10 Å². The van der Waals surface area contributed by atoms with Crippen LogP contribution in [-0.2, 0) is 13.1 Å². The number of rotatable bonds is 4. The number of nitrogens with one attached hydrogen (secondary N) is 1. The summed E-state index contributed by atoms with van der Waals surface area (Å²) in [6, 6.07) is 5.93. The Morgan fingerprint density at radius 2 is 2.00 bits per heavy atom. The number of benzene rings is 1. The second-order valence-corrected chi connectivity index (χ2v) is 7.22. The van der Waals surface area contributed by atoms with E-state index >= 15 is 0 Å². The first kappa shape index (κ1) is 17.9. The molecule has 1 saturated heterocycles. The number of hydrogen-bond donors (Lipinski definition) is 1. The molecule has 4 rings (SSSR count). The zero-order chi connectivity index (χ0) is 18.8. The van der Waals surface area contributed by atoms with E-state index in [1.165, 1.54) is 6.07 Å². The summed E-state index contributed by atoms with van der Waals surface area (Å²) in [5.41, 5.74) is 1.77. The summed E-state index contributed by atoms with van der Waals surface area (Å²) < 4.78 is 28.6. The highest BCUT2D eigenvalue weighted by Crippen LogP contribution is 2.22. The van der Waals surface area contributed by atoms with Gasteiger partial charge in [-0.15, -0.1) is 0 Å². The van der Waals surface area contributed by atoms with Gasteiger partial charge in [0.25, 0.3) is 0 Å². The van der Waals surface area contributed by atoms with Crippen molar-refractivity contribution in [3.05, 3.63) is 53.4 Å². The molecule has 0 spiro atoms. The van der Waals surface area contributed by atoms with Crippen LogP contribution in [0.4, 0.5) is 13.6 Å². The van der Waals surface area contributed by atoms with Crippen molar-refractivity contribution in [3.8, 4) is 0 Å². The molecule has 2 aliphatic heterocycles. The van der Waals surface area contributed by atoms with E-state index in [9.17, 15) is 13.6 Å². The summed E-state index contributed by atoms with van der Waals surface area (Å²) in [6.07, 6.45) is 3.87. The molecule has 2 aliphatic rings. The van der Waals surface area contributed by atoms with Crippen molar-refractivity contribution in [2.75, 3.05) is 26.2 Å². The molecule has 6 nitrogen and oxygen atoms in total. The van der Waals surface area contributed by atoms with E-state index in [1.54, 1.807) is 12.3 Å². The van der Waals surface area contributed by atoms with Gasteiger partial charge in [0.1, 0.15) is 0 Å². The Kier molecular flexibility index (Phi) is 5.07. The molecule has 1 N–H and O–H groups in total. The molecule has 0 bridgehead atoms. The molecule has 2 aromatic rings. The van der Waals surface area contributed by atoms with Crippen LogP contribution >= 0.6 is 0 Å². The lowest BCUT2D eigenvalue weighted by Gasteiger charge is -2.34. The average molecular weight is 375 g/mol. The molecule has 0 saturated carbocycles. The zero-order valence-corrected chi connectivity index (χ0v) is 15.1. The average Bonchev–Trinajstić information content (AvgIpc) is 3.34. The van der Waals surface area contributed by atoms with Crippen molar-refractivity contribution in [1.29, 1.82) is 0 Å². The maximum atomic E-state index is 13.5. The number of amides is 2. The van der Waals surface area contributed by atoms with Gasteiger partial charge in [0.15, 0.2) is 11.6 Å². The minimum Gasteiger partial charge on any atom is -0.336 e. The summed E-state index contributed by atoms with van der Waals surface area (Å²) in [6.45, 7) is 3.97. The van der Waals surface area contributed by atoms with Gasteiger partial charge < -0.3 is 10.2 Å². The molecule has 144 valence electrons. The van der Waals surface area contributed by atoms with E-state index in [0.717, 1.165) is 43.3 Å². The summed E-state index contributed by atoms with van der Waals surface area (Å²) in [5, 5.41) is 7.41. The van der Waals surface area contributed by atoms with Crippen LogP contribution in [0.5, 0.6) is 0 Å². The SMILES string of the molecule is O=C(NC[C@@H]1CN(Cc2ccc(F)c(F)c2)Cc2ccnn21)N1CCCC1. The van der Waals surface area contributed by atoms with Crippen LogP contribution in [0.3, 0.4) is 0 Å². The maximum absolute atomic E-state index is 13.5. The second kappa shape index (κ2) is 7.64. The van der Waals surface area contributed by atoms with Crippen molar-refractivity contribution < 1.29 is 13.6 Å². The topological polar surface area (TPSA) is 53.4 Å². The van der Waals surface area contributed by atoms with Gasteiger partial charge in [-0.3, -0.25) is 9.58 Å². The highest BCUT2D eigenvalue weighted by atomic mass is 19.2. The quantitative estimate of drug-likeness (QED) is 0.894. The Labute approximate surface area is 156 Å². The third kappa shape index (κ3) is 3.95. The van der Waals surface area contributed by atoms with Crippen molar-refractivity contribution in [3.63, 3.8) is 0 Å². The van der Waals surface area contributed by atoms with Crippen molar-refractivity contribution in [2.45, 2.75) is 32.0 Å². The molecule has 0 aliphatic carbocycles. The van der Waals surface area contributed by atoms with Crippen LogP contribution in [0.25, 0.3) is 0 Å². The molecule has 2 amide bonds. The molecule has 0 unspecified atom stereocenters. The van der Waals surface area contributed by atoms with E-state index in [0.29, 0.717) is 26.2 Å². The summed E-state index contributed by atoms with van der Waals surface area (Å²) >= 11 is 0. The molecule has 3 heterocycles. The van der Waals surface area contributed by atoms with Gasteiger partial charge in [0, 0.05) is 45.5 Å². The molecule has 0 radical (unpaired) electrons. The van der Waals surface area contributed by atoms with E-state index in [-0.39, 0.29) is 12.1 Å². The minimum atomic E-state index is -0.835. The van der Waals surface area contributed by atoms with Crippen LogP contribution < -0.4 is 5.32 Å². The Bertz CT molecular complexity index is 818. The predicted molar refractivity (Wildman–Crippen MR) is 95.9 cm³/mol. The van der Waals surface area contributed by atoms with Gasteiger partial charge >= 0.3 is 6.03 Å². The monoisotopic (exact) mass is 375 g/mol. The Balaban J connectivity index is 1.42. The van der Waals surface area contributed by atoms with Crippen LogP contribution in [-0.4, -0.2) is 51.8 Å². The third-order valence-corrected chi connectivity index (χ3v) is 5.23. The molecule has 1 aromatic carbocycles. The van der Waals surface area contributed by atoms with Crippen LogP contribution in [0, 0.1) is 11.6 Å². The van der Waals surface area contributed by atoms with Gasteiger partial charge in [-0.25, -0.2) is 13.6 Å². The summed E-state index contributed by atoms with van der Waals surface area (Å²) in [5.74, 6) is -1.66. The standard InChI is InChI=1S/C19H23F2N5O/c20-17-4-3-14(9-18(17)21)11-24-12-15-5-6-23-26(15)16(13-24)10-22-19(27)25-7-1-2-8-25/h3-6,9,16H,1-2,7-8,10-13H2,(H,22,27)/t16-/m1/s1. The van der Waals surface area contributed by atoms with E-state index in [2.05, 4.69) is 15.3 Å². The van der Waals surface area contributed by atoms with Crippen molar-refractivity contribution in [1.82, 2.24) is 24.9 Å². The zero-order valence-electron chi connectivity index (χ0n) is 15.1. The largest absolute Gasteiger partial charge is 0.336 e. The number of urea groups is 1. The maximum Gasteiger partial charge on any atom is 0.317 e. The predicted octanol–water partition coefficient (Wildman–Crippen LogP) is 2.52. The normalized spacial score (nSPS) is 19.9. The Morgan fingerprint density at radius 1 is 1.19 bits per heavy atom. The Hall–Kier alpha value is -2.48. The van der Waals surface area contributed by atoms with Crippen LogP contribution in [0.1, 0.15) is 30.1 Å². The first-order valence-corrected chi connectivity index (χ1v) is 9.31. The number of aromatic nitrogens is 2. The fourth-order valence-corrected chi connectivity index (χ4v) is 3.87. The lowest BCUT2D eigenvalue weighted by Crippen LogP contribution is -2.45.